The number of rotatable bonds is 6. The van der Waals surface area contributed by atoms with Crippen LogP contribution < -0.4 is 10.2 Å². The van der Waals surface area contributed by atoms with Crippen molar-refractivity contribution in [1.82, 2.24) is 4.90 Å². The standard InChI is InChI=1S/C20H26F3N3O4/c1-14(27)10-16-13-30-9-6-26(16)12-19(28)24-17-11-15(20(21,22)23)2-3-18(17)25-4-7-29-8-5-25/h2-3,11,16H,4-10,12-13H2,1H3,(H,24,28)/t16-/m0/s1. The highest BCUT2D eigenvalue weighted by Crippen LogP contribution is 2.35. The van der Waals surface area contributed by atoms with E-state index in [0.717, 1.165) is 12.1 Å². The van der Waals surface area contributed by atoms with Gasteiger partial charge in [-0.1, -0.05) is 0 Å². The predicted molar refractivity (Wildman–Crippen MR) is 105 cm³/mol. The van der Waals surface area contributed by atoms with Gasteiger partial charge in [0.05, 0.1) is 49.9 Å². The minimum Gasteiger partial charge on any atom is -0.378 e. The van der Waals surface area contributed by atoms with Gasteiger partial charge in [0.2, 0.25) is 5.91 Å². The highest BCUT2D eigenvalue weighted by molar-refractivity contribution is 5.96. The first kappa shape index (κ1) is 22.5. The van der Waals surface area contributed by atoms with Crippen LogP contribution in [0.5, 0.6) is 0 Å². The zero-order valence-electron chi connectivity index (χ0n) is 16.8. The fraction of sp³-hybridized carbons (Fsp3) is 0.600. The van der Waals surface area contributed by atoms with E-state index < -0.39 is 17.6 Å². The van der Waals surface area contributed by atoms with E-state index in [1.165, 1.54) is 13.0 Å². The third kappa shape index (κ3) is 5.93. The molecule has 0 aromatic heterocycles. The minimum absolute atomic E-state index is 0.0107. The number of hydrogen-bond acceptors (Lipinski definition) is 6. The number of carbonyl (C=O) groups is 2. The van der Waals surface area contributed by atoms with Crippen LogP contribution in [0.15, 0.2) is 18.2 Å². The van der Waals surface area contributed by atoms with Gasteiger partial charge in [-0.25, -0.2) is 0 Å². The molecule has 1 aromatic rings. The second-order valence-electron chi connectivity index (χ2n) is 7.48. The molecule has 2 saturated heterocycles. The maximum absolute atomic E-state index is 13.2. The third-order valence-corrected chi connectivity index (χ3v) is 5.17. The second-order valence-corrected chi connectivity index (χ2v) is 7.48. The van der Waals surface area contributed by atoms with E-state index in [2.05, 4.69) is 5.32 Å². The maximum Gasteiger partial charge on any atom is 0.416 e. The number of anilines is 2. The highest BCUT2D eigenvalue weighted by atomic mass is 19.4. The summed E-state index contributed by atoms with van der Waals surface area (Å²) in [6.45, 7) is 4.69. The molecule has 0 bridgehead atoms. The molecule has 1 aromatic carbocycles. The van der Waals surface area contributed by atoms with Crippen LogP contribution in [0.25, 0.3) is 0 Å². The lowest BCUT2D eigenvalue weighted by atomic mass is 10.1. The van der Waals surface area contributed by atoms with Crippen molar-refractivity contribution in [3.05, 3.63) is 23.8 Å². The van der Waals surface area contributed by atoms with Crippen LogP contribution in [0.1, 0.15) is 18.9 Å². The summed E-state index contributed by atoms with van der Waals surface area (Å²) < 4.78 is 50.4. The molecular weight excluding hydrogens is 403 g/mol. The number of Topliss-reactive ketones (excluding diaryl/α,β-unsaturated/α-hetero) is 1. The van der Waals surface area contributed by atoms with Gasteiger partial charge in [-0.2, -0.15) is 13.2 Å². The average Bonchev–Trinajstić information content (AvgIpc) is 2.69. The van der Waals surface area contributed by atoms with Gasteiger partial charge in [0.15, 0.2) is 0 Å². The Hall–Kier alpha value is -2.17. The molecule has 1 N–H and O–H groups in total. The molecule has 1 amide bonds. The molecule has 1 atom stereocenters. The molecule has 2 heterocycles. The van der Waals surface area contributed by atoms with Gasteiger partial charge in [0.25, 0.3) is 0 Å². The monoisotopic (exact) mass is 429 g/mol. The SMILES string of the molecule is CC(=O)C[C@H]1COCCN1CC(=O)Nc1cc(C(F)(F)F)ccc1N1CCOCC1. The molecule has 0 spiro atoms. The largest absolute Gasteiger partial charge is 0.416 e. The summed E-state index contributed by atoms with van der Waals surface area (Å²) in [5.74, 6) is -0.442. The summed E-state index contributed by atoms with van der Waals surface area (Å²) in [4.78, 5) is 27.9. The number of hydrogen-bond donors (Lipinski definition) is 1. The van der Waals surface area contributed by atoms with E-state index in [1.807, 2.05) is 9.80 Å². The normalized spacial score (nSPS) is 20.8. The predicted octanol–water partition coefficient (Wildman–Crippen LogP) is 2.16. The quantitative estimate of drug-likeness (QED) is 0.748. The number of morpholine rings is 2. The minimum atomic E-state index is -4.51. The molecule has 0 saturated carbocycles. The molecule has 2 aliphatic heterocycles. The van der Waals surface area contributed by atoms with E-state index in [9.17, 15) is 22.8 Å². The Morgan fingerprint density at radius 3 is 2.50 bits per heavy atom. The topological polar surface area (TPSA) is 71.1 Å². The summed E-state index contributed by atoms with van der Waals surface area (Å²) >= 11 is 0. The van der Waals surface area contributed by atoms with Crippen LogP contribution >= 0.6 is 0 Å². The summed E-state index contributed by atoms with van der Waals surface area (Å²) in [5, 5.41) is 2.65. The van der Waals surface area contributed by atoms with Gasteiger partial charge < -0.3 is 19.7 Å². The van der Waals surface area contributed by atoms with Gasteiger partial charge in [-0.05, 0) is 25.1 Å². The molecule has 2 fully saturated rings. The van der Waals surface area contributed by atoms with E-state index in [-0.39, 0.29) is 30.5 Å². The molecule has 7 nitrogen and oxygen atoms in total. The summed E-state index contributed by atoms with van der Waals surface area (Å²) in [5.41, 5.74) is -0.175. The van der Waals surface area contributed by atoms with Crippen molar-refractivity contribution in [2.75, 3.05) is 62.8 Å². The van der Waals surface area contributed by atoms with E-state index in [0.29, 0.717) is 51.7 Å². The van der Waals surface area contributed by atoms with Gasteiger partial charge in [-0.3, -0.25) is 14.5 Å². The molecule has 30 heavy (non-hydrogen) atoms. The molecule has 10 heteroatoms. The van der Waals surface area contributed by atoms with Gasteiger partial charge >= 0.3 is 6.18 Å². The zero-order valence-corrected chi connectivity index (χ0v) is 16.8. The van der Waals surface area contributed by atoms with E-state index >= 15 is 0 Å². The Bertz CT molecular complexity index is 766. The lowest BCUT2D eigenvalue weighted by molar-refractivity contribution is -0.137. The van der Waals surface area contributed by atoms with Crippen LogP contribution in [-0.2, 0) is 25.2 Å². The number of benzene rings is 1. The number of halogens is 3. The van der Waals surface area contributed by atoms with Gasteiger partial charge in [0, 0.05) is 32.1 Å². The summed E-state index contributed by atoms with van der Waals surface area (Å²) in [7, 11) is 0. The Morgan fingerprint density at radius 2 is 1.83 bits per heavy atom. The first-order valence-electron chi connectivity index (χ1n) is 9.89. The fourth-order valence-electron chi connectivity index (χ4n) is 3.68. The van der Waals surface area contributed by atoms with E-state index in [4.69, 9.17) is 9.47 Å². The first-order chi connectivity index (χ1) is 14.2. The second kappa shape index (κ2) is 9.76. The summed E-state index contributed by atoms with van der Waals surface area (Å²) in [6, 6.07) is 3.15. The average molecular weight is 429 g/mol. The number of amides is 1. The molecule has 0 aliphatic carbocycles. The maximum atomic E-state index is 13.2. The Kier molecular flexibility index (Phi) is 7.32. The summed E-state index contributed by atoms with van der Waals surface area (Å²) in [6.07, 6.45) is -4.25. The number of nitrogens with zero attached hydrogens (tertiary/aromatic N) is 2. The van der Waals surface area contributed by atoms with Crippen LogP contribution in [-0.4, -0.2) is 75.2 Å². The number of ketones is 1. The van der Waals surface area contributed by atoms with Crippen LogP contribution in [0.3, 0.4) is 0 Å². The van der Waals surface area contributed by atoms with Crippen molar-refractivity contribution in [2.24, 2.45) is 0 Å². The lowest BCUT2D eigenvalue weighted by Crippen LogP contribution is -2.49. The molecule has 2 aliphatic rings. The highest BCUT2D eigenvalue weighted by Gasteiger charge is 2.32. The molecule has 166 valence electrons. The molecule has 3 rings (SSSR count). The van der Waals surface area contributed by atoms with Crippen molar-refractivity contribution in [3.8, 4) is 0 Å². The molecule has 0 unspecified atom stereocenters. The smallest absolute Gasteiger partial charge is 0.378 e. The number of carbonyl (C=O) groups excluding carboxylic acids is 2. The van der Waals surface area contributed by atoms with Gasteiger partial charge in [-0.15, -0.1) is 0 Å². The van der Waals surface area contributed by atoms with E-state index in [1.54, 1.807) is 0 Å². The van der Waals surface area contributed by atoms with Crippen molar-refractivity contribution >= 4 is 23.1 Å². The number of alkyl halides is 3. The fourth-order valence-corrected chi connectivity index (χ4v) is 3.68. The zero-order chi connectivity index (χ0) is 21.7. The van der Waals surface area contributed by atoms with Crippen molar-refractivity contribution in [2.45, 2.75) is 25.6 Å². The molecule has 0 radical (unpaired) electrons. The van der Waals surface area contributed by atoms with Crippen molar-refractivity contribution in [1.29, 1.82) is 0 Å². The Balaban J connectivity index is 1.77. The Morgan fingerprint density at radius 1 is 1.13 bits per heavy atom. The van der Waals surface area contributed by atoms with Crippen LogP contribution in [0, 0.1) is 0 Å². The Labute approximate surface area is 173 Å². The van der Waals surface area contributed by atoms with Gasteiger partial charge in [0.1, 0.15) is 5.78 Å². The van der Waals surface area contributed by atoms with Crippen molar-refractivity contribution < 1.29 is 32.2 Å². The molecular formula is C20H26F3N3O4. The van der Waals surface area contributed by atoms with Crippen LogP contribution in [0.4, 0.5) is 24.5 Å². The first-order valence-corrected chi connectivity index (χ1v) is 9.89. The number of nitrogens with one attached hydrogen (secondary N) is 1. The third-order valence-electron chi connectivity index (χ3n) is 5.17. The van der Waals surface area contributed by atoms with Crippen molar-refractivity contribution in [3.63, 3.8) is 0 Å². The number of ether oxygens (including phenoxy) is 2. The van der Waals surface area contributed by atoms with Crippen LogP contribution in [0.2, 0.25) is 0 Å². The lowest BCUT2D eigenvalue weighted by Gasteiger charge is -2.35.